The van der Waals surface area contributed by atoms with Crippen LogP contribution < -0.4 is 5.32 Å². The number of amides is 1. The fourth-order valence-corrected chi connectivity index (χ4v) is 3.63. The van der Waals surface area contributed by atoms with Crippen LogP contribution >= 0.6 is 11.3 Å². The smallest absolute Gasteiger partial charge is 0.341 e. The van der Waals surface area contributed by atoms with Crippen molar-refractivity contribution in [1.82, 2.24) is 0 Å². The van der Waals surface area contributed by atoms with Crippen molar-refractivity contribution in [2.24, 2.45) is 0 Å². The Kier molecular flexibility index (Phi) is 5.89. The molecule has 0 unspecified atom stereocenters. The van der Waals surface area contributed by atoms with Crippen LogP contribution in [0.4, 0.5) is 10.7 Å². The first-order valence-electron chi connectivity index (χ1n) is 8.55. The Bertz CT molecular complexity index is 1080. The van der Waals surface area contributed by atoms with Gasteiger partial charge >= 0.3 is 5.97 Å². The van der Waals surface area contributed by atoms with Gasteiger partial charge in [0.15, 0.2) is 0 Å². The number of rotatable bonds is 6. The molecular formula is C20H16N2O6S. The first kappa shape index (κ1) is 20.0. The van der Waals surface area contributed by atoms with Crippen LogP contribution in [0.25, 0.3) is 11.1 Å². The normalized spacial score (nSPS) is 10.4. The van der Waals surface area contributed by atoms with E-state index in [0.717, 1.165) is 35.1 Å². The van der Waals surface area contributed by atoms with Crippen LogP contribution in [0.5, 0.6) is 5.75 Å². The Morgan fingerprint density at radius 3 is 2.59 bits per heavy atom. The average molecular weight is 412 g/mol. The number of hydrogen-bond acceptors (Lipinski definition) is 7. The van der Waals surface area contributed by atoms with Crippen LogP contribution in [-0.2, 0) is 4.74 Å². The molecule has 0 spiro atoms. The number of hydrogen-bond donors (Lipinski definition) is 2. The number of non-ortho nitro benzene ring substituents is 1. The number of nitro groups is 1. The summed E-state index contributed by atoms with van der Waals surface area (Å²) in [6.45, 7) is 1.83. The SMILES string of the molecule is CCOC(=O)c1c(-c2ccccc2)csc1NC(=O)c1cc([N+](=O)[O-])ccc1O. The van der Waals surface area contributed by atoms with Crippen molar-refractivity contribution in [2.45, 2.75) is 6.92 Å². The van der Waals surface area contributed by atoms with Gasteiger partial charge in [0, 0.05) is 23.1 Å². The minimum absolute atomic E-state index is 0.155. The van der Waals surface area contributed by atoms with Gasteiger partial charge in [0.05, 0.1) is 17.1 Å². The number of nitrogens with zero attached hydrogens (tertiary/aromatic N) is 1. The molecular weight excluding hydrogens is 396 g/mol. The number of carbonyl (C=O) groups excluding carboxylic acids is 2. The highest BCUT2D eigenvalue weighted by Gasteiger charge is 2.24. The van der Waals surface area contributed by atoms with E-state index >= 15 is 0 Å². The van der Waals surface area contributed by atoms with E-state index < -0.39 is 22.5 Å². The molecule has 0 aliphatic carbocycles. The van der Waals surface area contributed by atoms with Crippen LogP contribution in [0.15, 0.2) is 53.9 Å². The average Bonchev–Trinajstić information content (AvgIpc) is 3.12. The third-order valence-corrected chi connectivity index (χ3v) is 4.91. The van der Waals surface area contributed by atoms with Gasteiger partial charge in [-0.3, -0.25) is 14.9 Å². The summed E-state index contributed by atoms with van der Waals surface area (Å²) in [7, 11) is 0. The lowest BCUT2D eigenvalue weighted by Crippen LogP contribution is -2.15. The summed E-state index contributed by atoms with van der Waals surface area (Å²) < 4.78 is 5.13. The fraction of sp³-hybridized carbons (Fsp3) is 0.100. The molecule has 2 N–H and O–H groups in total. The molecule has 0 saturated heterocycles. The van der Waals surface area contributed by atoms with Gasteiger partial charge in [-0.05, 0) is 18.6 Å². The Hall–Kier alpha value is -3.72. The quantitative estimate of drug-likeness (QED) is 0.351. The highest BCUT2D eigenvalue weighted by Crippen LogP contribution is 2.37. The molecule has 0 atom stereocenters. The number of esters is 1. The van der Waals surface area contributed by atoms with Crippen molar-refractivity contribution >= 4 is 33.9 Å². The number of aromatic hydroxyl groups is 1. The molecule has 1 heterocycles. The number of phenolic OH excluding ortho intramolecular Hbond substituents is 1. The summed E-state index contributed by atoms with van der Waals surface area (Å²) in [4.78, 5) is 35.5. The van der Waals surface area contributed by atoms with Crippen LogP contribution in [0.1, 0.15) is 27.6 Å². The topological polar surface area (TPSA) is 119 Å². The highest BCUT2D eigenvalue weighted by atomic mass is 32.1. The van der Waals surface area contributed by atoms with E-state index in [1.165, 1.54) is 0 Å². The minimum atomic E-state index is -0.779. The Balaban J connectivity index is 2.00. The van der Waals surface area contributed by atoms with Crippen LogP contribution in [-0.4, -0.2) is 28.5 Å². The lowest BCUT2D eigenvalue weighted by molar-refractivity contribution is -0.384. The van der Waals surface area contributed by atoms with E-state index in [9.17, 15) is 24.8 Å². The number of nitrogens with one attached hydrogen (secondary N) is 1. The first-order chi connectivity index (χ1) is 13.9. The molecule has 0 aliphatic heterocycles. The lowest BCUT2D eigenvalue weighted by atomic mass is 10.0. The van der Waals surface area contributed by atoms with Crippen molar-refractivity contribution in [2.75, 3.05) is 11.9 Å². The molecule has 0 radical (unpaired) electrons. The van der Waals surface area contributed by atoms with Crippen molar-refractivity contribution in [1.29, 1.82) is 0 Å². The zero-order valence-electron chi connectivity index (χ0n) is 15.2. The van der Waals surface area contributed by atoms with Crippen molar-refractivity contribution in [3.63, 3.8) is 0 Å². The number of ether oxygens (including phenoxy) is 1. The summed E-state index contributed by atoms with van der Waals surface area (Å²) >= 11 is 1.12. The van der Waals surface area contributed by atoms with E-state index in [2.05, 4.69) is 5.32 Å². The van der Waals surface area contributed by atoms with Gasteiger partial charge in [-0.2, -0.15) is 0 Å². The number of benzene rings is 2. The molecule has 3 aromatic rings. The van der Waals surface area contributed by atoms with Crippen LogP contribution in [0.2, 0.25) is 0 Å². The molecule has 1 aromatic heterocycles. The maximum atomic E-state index is 12.6. The number of carbonyl (C=O) groups is 2. The second kappa shape index (κ2) is 8.53. The van der Waals surface area contributed by atoms with E-state index in [1.54, 1.807) is 12.3 Å². The van der Waals surface area contributed by atoms with Crippen molar-refractivity contribution in [3.8, 4) is 16.9 Å². The summed E-state index contributed by atoms with van der Waals surface area (Å²) in [5, 5.41) is 25.4. The number of thiophene rings is 1. The van der Waals surface area contributed by atoms with Gasteiger partial charge in [-0.15, -0.1) is 11.3 Å². The molecule has 0 fully saturated rings. The molecule has 0 saturated carbocycles. The third-order valence-electron chi connectivity index (χ3n) is 4.02. The van der Waals surface area contributed by atoms with Crippen molar-refractivity contribution < 1.29 is 24.4 Å². The van der Waals surface area contributed by atoms with Crippen LogP contribution in [0, 0.1) is 10.1 Å². The summed E-state index contributed by atoms with van der Waals surface area (Å²) in [6, 6.07) is 12.3. The predicted octanol–water partition coefficient (Wildman–Crippen LogP) is 4.46. The second-order valence-electron chi connectivity index (χ2n) is 5.85. The zero-order chi connectivity index (χ0) is 21.0. The largest absolute Gasteiger partial charge is 0.507 e. The number of phenols is 1. The van der Waals surface area contributed by atoms with Gasteiger partial charge in [-0.25, -0.2) is 4.79 Å². The van der Waals surface area contributed by atoms with Gasteiger partial charge in [0.25, 0.3) is 11.6 Å². The lowest BCUT2D eigenvalue weighted by Gasteiger charge is -2.09. The second-order valence-corrected chi connectivity index (χ2v) is 6.73. The van der Waals surface area contributed by atoms with E-state index in [0.29, 0.717) is 5.56 Å². The van der Waals surface area contributed by atoms with E-state index in [4.69, 9.17) is 4.74 Å². The summed E-state index contributed by atoms with van der Waals surface area (Å²) in [6.07, 6.45) is 0. The van der Waals surface area contributed by atoms with Crippen LogP contribution in [0.3, 0.4) is 0 Å². The fourth-order valence-electron chi connectivity index (χ4n) is 2.68. The third kappa shape index (κ3) is 4.25. The molecule has 0 aliphatic rings. The standard InChI is InChI=1S/C20H16N2O6S/c1-2-28-20(25)17-15(12-6-4-3-5-7-12)11-29-19(17)21-18(24)14-10-13(22(26)27)8-9-16(14)23/h3-11,23H,2H2,1H3,(H,21,24). The molecule has 1 amide bonds. The van der Waals surface area contributed by atoms with Gasteiger partial charge in [-0.1, -0.05) is 30.3 Å². The predicted molar refractivity (Wildman–Crippen MR) is 108 cm³/mol. The number of nitro benzene ring substituents is 1. The Morgan fingerprint density at radius 2 is 1.93 bits per heavy atom. The van der Waals surface area contributed by atoms with Gasteiger partial charge in [0.2, 0.25) is 0 Å². The van der Waals surface area contributed by atoms with Gasteiger partial charge < -0.3 is 15.2 Å². The summed E-state index contributed by atoms with van der Waals surface area (Å²) in [5.74, 6) is -1.80. The monoisotopic (exact) mass is 412 g/mol. The zero-order valence-corrected chi connectivity index (χ0v) is 16.1. The first-order valence-corrected chi connectivity index (χ1v) is 9.43. The Morgan fingerprint density at radius 1 is 1.21 bits per heavy atom. The number of anilines is 1. The minimum Gasteiger partial charge on any atom is -0.507 e. The van der Waals surface area contributed by atoms with Gasteiger partial charge in [0.1, 0.15) is 16.3 Å². The molecule has 2 aromatic carbocycles. The molecule has 9 heteroatoms. The molecule has 3 rings (SSSR count). The molecule has 0 bridgehead atoms. The maximum Gasteiger partial charge on any atom is 0.341 e. The van der Waals surface area contributed by atoms with E-state index in [1.807, 2.05) is 30.3 Å². The van der Waals surface area contributed by atoms with Crippen molar-refractivity contribution in [3.05, 3.63) is 75.2 Å². The summed E-state index contributed by atoms with van der Waals surface area (Å²) in [5.41, 5.74) is 0.929. The highest BCUT2D eigenvalue weighted by molar-refractivity contribution is 7.15. The maximum absolute atomic E-state index is 12.6. The van der Waals surface area contributed by atoms with E-state index in [-0.39, 0.29) is 28.4 Å². The molecule has 29 heavy (non-hydrogen) atoms. The molecule has 148 valence electrons. The molecule has 8 nitrogen and oxygen atoms in total. The Labute approximate surface area is 169 Å².